The fraction of sp³-hybridized carbons (Fsp3) is 0.476. The minimum Gasteiger partial charge on any atom is -0.356 e. The molecule has 3 N–H and O–H groups in total. The second-order valence-corrected chi connectivity index (χ2v) is 8.62. The van der Waals surface area contributed by atoms with Crippen molar-refractivity contribution >= 4 is 16.9 Å². The molecule has 2 aliphatic rings. The van der Waals surface area contributed by atoms with Crippen LogP contribution in [0.5, 0.6) is 0 Å². The lowest BCUT2D eigenvalue weighted by Gasteiger charge is -2.24. The van der Waals surface area contributed by atoms with Gasteiger partial charge in [-0.05, 0) is 45.2 Å². The zero-order chi connectivity index (χ0) is 21.8. The van der Waals surface area contributed by atoms with Crippen molar-refractivity contribution in [3.63, 3.8) is 0 Å². The summed E-state index contributed by atoms with van der Waals surface area (Å²) in [4.78, 5) is 24.0. The first kappa shape index (κ1) is 20.0. The molecule has 3 aromatic rings. The summed E-state index contributed by atoms with van der Waals surface area (Å²) < 4.78 is 42.9. The highest BCUT2D eigenvalue weighted by Crippen LogP contribution is 2.42. The molecule has 1 aliphatic heterocycles. The summed E-state index contributed by atoms with van der Waals surface area (Å²) >= 11 is 0. The van der Waals surface area contributed by atoms with E-state index in [4.69, 9.17) is 0 Å². The number of aromatic amines is 1. The molecule has 0 spiro atoms. The van der Waals surface area contributed by atoms with Gasteiger partial charge in [-0.2, -0.15) is 13.2 Å². The first-order valence-corrected chi connectivity index (χ1v) is 10.4. The molecule has 7 nitrogen and oxygen atoms in total. The van der Waals surface area contributed by atoms with Crippen LogP contribution in [0.1, 0.15) is 38.2 Å². The van der Waals surface area contributed by atoms with E-state index in [2.05, 4.69) is 25.6 Å². The second kappa shape index (κ2) is 7.08. The standard InChI is InChI=1S/C21H23F3N6O/c1-20(5-6-20)30-8-4-13-14(10-26-17(13)18(30)31)16-15(21(22,23)24)11-27-19(29-16)28-12-3-2-7-25-9-12/h4,8,10-12,25-26H,2-3,5-7,9H2,1H3,(H,27,28,29). The van der Waals surface area contributed by atoms with Crippen LogP contribution in [0.2, 0.25) is 0 Å². The highest BCUT2D eigenvalue weighted by Gasteiger charge is 2.40. The molecule has 1 unspecified atom stereocenters. The Kier molecular flexibility index (Phi) is 4.58. The minimum absolute atomic E-state index is 0.0489. The van der Waals surface area contributed by atoms with Crippen molar-refractivity contribution in [3.05, 3.63) is 40.6 Å². The summed E-state index contributed by atoms with van der Waals surface area (Å²) in [6, 6.07) is 1.74. The van der Waals surface area contributed by atoms with Gasteiger partial charge in [0.05, 0.1) is 5.69 Å². The molecule has 1 saturated carbocycles. The molecular weight excluding hydrogens is 409 g/mol. The molecule has 1 atom stereocenters. The van der Waals surface area contributed by atoms with Gasteiger partial charge in [0.25, 0.3) is 5.56 Å². The minimum atomic E-state index is -4.62. The van der Waals surface area contributed by atoms with E-state index in [0.29, 0.717) is 11.9 Å². The van der Waals surface area contributed by atoms with E-state index in [1.54, 1.807) is 16.8 Å². The number of nitrogens with one attached hydrogen (secondary N) is 3. The number of piperidine rings is 1. The number of H-pyrrole nitrogens is 1. The Labute approximate surface area is 176 Å². The van der Waals surface area contributed by atoms with E-state index in [-0.39, 0.29) is 39.9 Å². The molecule has 5 rings (SSSR count). The molecule has 0 radical (unpaired) electrons. The van der Waals surface area contributed by atoms with Crippen LogP contribution in [-0.4, -0.2) is 38.7 Å². The Balaban J connectivity index is 1.60. The van der Waals surface area contributed by atoms with Crippen molar-refractivity contribution in [2.75, 3.05) is 18.4 Å². The topological polar surface area (TPSA) is 87.6 Å². The van der Waals surface area contributed by atoms with Crippen LogP contribution in [-0.2, 0) is 11.7 Å². The monoisotopic (exact) mass is 432 g/mol. The van der Waals surface area contributed by atoms with E-state index in [1.165, 1.54) is 6.20 Å². The zero-order valence-corrected chi connectivity index (χ0v) is 17.0. The molecule has 2 fully saturated rings. The lowest BCUT2D eigenvalue weighted by molar-refractivity contribution is -0.137. The fourth-order valence-electron chi connectivity index (χ4n) is 4.19. The van der Waals surface area contributed by atoms with Crippen LogP contribution in [0, 0.1) is 0 Å². The second-order valence-electron chi connectivity index (χ2n) is 8.62. The lowest BCUT2D eigenvalue weighted by Crippen LogP contribution is -2.38. The molecule has 4 heterocycles. The van der Waals surface area contributed by atoms with E-state index in [9.17, 15) is 18.0 Å². The van der Waals surface area contributed by atoms with Gasteiger partial charge in [0, 0.05) is 47.7 Å². The van der Waals surface area contributed by atoms with Crippen molar-refractivity contribution in [1.29, 1.82) is 0 Å². The Morgan fingerprint density at radius 2 is 2.13 bits per heavy atom. The fourth-order valence-corrected chi connectivity index (χ4v) is 4.19. The maximum atomic E-state index is 13.8. The molecule has 164 valence electrons. The first-order chi connectivity index (χ1) is 14.8. The largest absolute Gasteiger partial charge is 0.419 e. The molecule has 1 saturated heterocycles. The average Bonchev–Trinajstić information content (AvgIpc) is 3.32. The third-order valence-corrected chi connectivity index (χ3v) is 6.28. The SMILES string of the molecule is CC1(n2ccc3c(-c4nc(NC5CCCNC5)ncc4C(F)(F)F)c[nH]c3c2=O)CC1. The molecule has 10 heteroatoms. The Morgan fingerprint density at radius 3 is 2.81 bits per heavy atom. The zero-order valence-electron chi connectivity index (χ0n) is 17.0. The number of pyridine rings is 1. The highest BCUT2D eigenvalue weighted by molar-refractivity contribution is 5.95. The molecule has 1 aliphatic carbocycles. The first-order valence-electron chi connectivity index (χ1n) is 10.4. The molecule has 3 aromatic heterocycles. The summed E-state index contributed by atoms with van der Waals surface area (Å²) in [6.07, 6.45) is 2.94. The average molecular weight is 432 g/mol. The number of alkyl halides is 3. The van der Waals surface area contributed by atoms with Gasteiger partial charge >= 0.3 is 6.18 Å². The van der Waals surface area contributed by atoms with Crippen molar-refractivity contribution in [2.24, 2.45) is 0 Å². The Morgan fingerprint density at radius 1 is 1.32 bits per heavy atom. The predicted molar refractivity (Wildman–Crippen MR) is 111 cm³/mol. The summed E-state index contributed by atoms with van der Waals surface area (Å²) in [5, 5.41) is 6.79. The van der Waals surface area contributed by atoms with Crippen LogP contribution >= 0.6 is 0 Å². The molecular formula is C21H23F3N6O. The van der Waals surface area contributed by atoms with E-state index >= 15 is 0 Å². The summed E-state index contributed by atoms with van der Waals surface area (Å²) in [5.74, 6) is 0.143. The van der Waals surface area contributed by atoms with E-state index < -0.39 is 11.7 Å². The Hall–Kier alpha value is -2.88. The number of halogens is 3. The van der Waals surface area contributed by atoms with Gasteiger partial charge in [-0.1, -0.05) is 0 Å². The number of nitrogens with zero attached hydrogens (tertiary/aromatic N) is 3. The number of aromatic nitrogens is 4. The van der Waals surface area contributed by atoms with Crippen LogP contribution in [0.4, 0.5) is 19.1 Å². The van der Waals surface area contributed by atoms with Crippen molar-refractivity contribution < 1.29 is 13.2 Å². The van der Waals surface area contributed by atoms with Crippen LogP contribution in [0.15, 0.2) is 29.5 Å². The van der Waals surface area contributed by atoms with Gasteiger partial charge in [-0.3, -0.25) is 4.79 Å². The number of rotatable bonds is 4. The maximum Gasteiger partial charge on any atom is 0.419 e. The number of hydrogen-bond donors (Lipinski definition) is 3. The van der Waals surface area contributed by atoms with Gasteiger partial charge < -0.3 is 20.2 Å². The quantitative estimate of drug-likeness (QED) is 0.588. The summed E-state index contributed by atoms with van der Waals surface area (Å²) in [6.45, 7) is 3.61. The number of anilines is 1. The van der Waals surface area contributed by atoms with Crippen LogP contribution < -0.4 is 16.2 Å². The van der Waals surface area contributed by atoms with Gasteiger partial charge in [0.1, 0.15) is 11.1 Å². The molecule has 0 aromatic carbocycles. The van der Waals surface area contributed by atoms with Crippen molar-refractivity contribution in [3.8, 4) is 11.3 Å². The predicted octanol–water partition coefficient (Wildman–Crippen LogP) is 3.48. The molecule has 0 amide bonds. The Bertz CT molecular complexity index is 1190. The third-order valence-electron chi connectivity index (χ3n) is 6.28. The summed E-state index contributed by atoms with van der Waals surface area (Å²) in [5.41, 5.74) is -1.11. The van der Waals surface area contributed by atoms with Crippen LogP contribution in [0.3, 0.4) is 0 Å². The van der Waals surface area contributed by atoms with Crippen LogP contribution in [0.25, 0.3) is 22.2 Å². The normalized spacial score (nSPS) is 20.7. The maximum absolute atomic E-state index is 13.8. The highest BCUT2D eigenvalue weighted by atomic mass is 19.4. The number of hydrogen-bond acceptors (Lipinski definition) is 5. The number of fused-ring (bicyclic) bond motifs is 1. The summed E-state index contributed by atoms with van der Waals surface area (Å²) in [7, 11) is 0. The van der Waals surface area contributed by atoms with E-state index in [0.717, 1.165) is 38.4 Å². The van der Waals surface area contributed by atoms with Gasteiger partial charge in [-0.25, -0.2) is 9.97 Å². The smallest absolute Gasteiger partial charge is 0.356 e. The lowest BCUT2D eigenvalue weighted by atomic mass is 10.1. The van der Waals surface area contributed by atoms with Gasteiger partial charge in [0.2, 0.25) is 5.95 Å². The van der Waals surface area contributed by atoms with E-state index in [1.807, 2.05) is 6.92 Å². The molecule has 31 heavy (non-hydrogen) atoms. The van der Waals surface area contributed by atoms with Gasteiger partial charge in [-0.15, -0.1) is 0 Å². The van der Waals surface area contributed by atoms with Crippen molar-refractivity contribution in [1.82, 2.24) is 24.8 Å². The van der Waals surface area contributed by atoms with Crippen molar-refractivity contribution in [2.45, 2.75) is 50.4 Å². The van der Waals surface area contributed by atoms with Gasteiger partial charge in [0.15, 0.2) is 0 Å². The third kappa shape index (κ3) is 3.58. The molecule has 0 bridgehead atoms.